The minimum absolute atomic E-state index is 0. The van der Waals surface area contributed by atoms with Crippen LogP contribution in [0.25, 0.3) is 0 Å². The predicted octanol–water partition coefficient (Wildman–Crippen LogP) is 8.20. The van der Waals surface area contributed by atoms with Crippen LogP contribution in [0.3, 0.4) is 0 Å². The van der Waals surface area contributed by atoms with E-state index in [-0.39, 0.29) is 42.0 Å². The molecule has 0 unspecified atom stereocenters. The molecule has 0 spiro atoms. The zero-order valence-electron chi connectivity index (χ0n) is 28.0. The topological polar surface area (TPSA) is 129 Å². The van der Waals surface area contributed by atoms with E-state index in [9.17, 15) is 24.9 Å². The number of carbonyl (C=O) groups is 2. The molecule has 1 aromatic carbocycles. The number of aliphatic hydroxyl groups is 3. The van der Waals surface area contributed by atoms with Crippen molar-refractivity contribution in [3.63, 3.8) is 0 Å². The van der Waals surface area contributed by atoms with Gasteiger partial charge in [-0.1, -0.05) is 44.5 Å². The van der Waals surface area contributed by atoms with Gasteiger partial charge in [-0.2, -0.15) is 0 Å². The number of nitrogens with zero attached hydrogens (tertiary/aromatic N) is 1. The zero-order valence-corrected chi connectivity index (χ0v) is 28.7. The van der Waals surface area contributed by atoms with Crippen molar-refractivity contribution < 1.29 is 29.6 Å². The fourth-order valence-corrected chi connectivity index (χ4v) is 9.76. The average Bonchev–Trinajstić information content (AvgIpc) is 3.90. The number of Topliss-reactive ketones (excluding diaryl/α,β-unsaturated/α-hetero) is 2. The third kappa shape index (κ3) is 7.33. The fourth-order valence-electron chi connectivity index (χ4n) is 9.59. The lowest BCUT2D eigenvalue weighted by Crippen LogP contribution is -2.32. The van der Waals surface area contributed by atoms with Crippen LogP contribution in [0, 0.1) is 16.2 Å². The zero-order chi connectivity index (χ0) is 33.6. The molecule has 8 rings (SSSR count). The highest BCUT2D eigenvalue weighted by Crippen LogP contribution is 2.59. The number of aromatic nitrogens is 1. The standard InChI is InChI=1S/C20H21ClN2O3.C9H14O2.C9H16O.CH4/c21-14-4-1-2-5-15(14)26-16-6-3-11-22-18(16)23-12-17(24)19-7-9-20(25,13-19)10-8-19;1-7(10)8-2-4-9(11,6-8)5-3-8;1-2-8-3-5-9(10,7-8)6-4-8;/h1-6,11,25H,7-10,12-13H2,(H,22,23);11H,2-6H2,1H3;10H,2-7H2,1H3;1H4. The van der Waals surface area contributed by atoms with E-state index in [0.717, 1.165) is 77.0 Å². The smallest absolute Gasteiger partial charge is 0.169 e. The Morgan fingerprint density at radius 2 is 1.29 bits per heavy atom. The van der Waals surface area contributed by atoms with Crippen molar-refractivity contribution in [1.82, 2.24) is 4.98 Å². The van der Waals surface area contributed by atoms with Crippen LogP contribution in [0.2, 0.25) is 5.02 Å². The third-order valence-corrected chi connectivity index (χ3v) is 13.2. The number of carbonyl (C=O) groups excluding carboxylic acids is 2. The summed E-state index contributed by atoms with van der Waals surface area (Å²) in [4.78, 5) is 28.4. The first-order valence-electron chi connectivity index (χ1n) is 17.6. The number of pyridine rings is 1. The maximum Gasteiger partial charge on any atom is 0.169 e. The Labute approximate surface area is 291 Å². The van der Waals surface area contributed by atoms with Crippen LogP contribution >= 0.6 is 11.6 Å². The van der Waals surface area contributed by atoms with E-state index in [1.807, 2.05) is 12.1 Å². The maximum atomic E-state index is 12.8. The normalized spacial score (nSPS) is 36.4. The van der Waals surface area contributed by atoms with Crippen molar-refractivity contribution >= 4 is 29.0 Å². The molecule has 8 nitrogen and oxygen atoms in total. The average molecular weight is 683 g/mol. The molecular weight excluding hydrogens is 628 g/mol. The summed E-state index contributed by atoms with van der Waals surface area (Å²) in [5, 5.41) is 33.6. The van der Waals surface area contributed by atoms with Gasteiger partial charge in [0, 0.05) is 17.0 Å². The second-order valence-corrected chi connectivity index (χ2v) is 16.2. The maximum absolute atomic E-state index is 12.8. The van der Waals surface area contributed by atoms with Crippen LogP contribution in [0.1, 0.15) is 124 Å². The van der Waals surface area contributed by atoms with Crippen LogP contribution in [-0.4, -0.2) is 55.2 Å². The number of hydrogen-bond donors (Lipinski definition) is 4. The molecule has 0 saturated heterocycles. The van der Waals surface area contributed by atoms with Crippen LogP contribution < -0.4 is 10.1 Å². The van der Waals surface area contributed by atoms with Gasteiger partial charge < -0.3 is 25.4 Å². The molecule has 6 fully saturated rings. The van der Waals surface area contributed by atoms with Crippen molar-refractivity contribution in [2.75, 3.05) is 11.9 Å². The van der Waals surface area contributed by atoms with Crippen molar-refractivity contribution in [3.8, 4) is 11.5 Å². The molecule has 4 N–H and O–H groups in total. The first-order chi connectivity index (χ1) is 22.2. The van der Waals surface area contributed by atoms with Gasteiger partial charge in [-0.25, -0.2) is 4.98 Å². The van der Waals surface area contributed by atoms with Crippen molar-refractivity contribution in [2.45, 2.75) is 141 Å². The van der Waals surface area contributed by atoms with Gasteiger partial charge in [0.15, 0.2) is 17.4 Å². The summed E-state index contributed by atoms with van der Waals surface area (Å²) in [6.07, 6.45) is 16.5. The lowest BCUT2D eigenvalue weighted by molar-refractivity contribution is -0.127. The van der Waals surface area contributed by atoms with Crippen LogP contribution in [0.5, 0.6) is 11.5 Å². The quantitative estimate of drug-likeness (QED) is 0.219. The highest BCUT2D eigenvalue weighted by molar-refractivity contribution is 6.32. The Morgan fingerprint density at radius 3 is 1.73 bits per heavy atom. The summed E-state index contributed by atoms with van der Waals surface area (Å²) in [6.45, 7) is 4.10. The van der Waals surface area contributed by atoms with Gasteiger partial charge in [0.2, 0.25) is 0 Å². The van der Waals surface area contributed by atoms with E-state index in [0.29, 0.717) is 34.2 Å². The number of benzene rings is 1. The number of nitrogens with one attached hydrogen (secondary N) is 1. The molecule has 1 aromatic heterocycles. The molecule has 0 amide bonds. The molecule has 6 saturated carbocycles. The van der Waals surface area contributed by atoms with Crippen LogP contribution in [0.15, 0.2) is 42.6 Å². The number of ether oxygens (including phenoxy) is 1. The number of ketones is 2. The second kappa shape index (κ2) is 13.7. The van der Waals surface area contributed by atoms with Crippen molar-refractivity contribution in [3.05, 3.63) is 47.6 Å². The number of rotatable bonds is 8. The van der Waals surface area contributed by atoms with Gasteiger partial charge in [0.1, 0.15) is 11.5 Å². The molecule has 6 aliphatic rings. The van der Waals surface area contributed by atoms with Gasteiger partial charge >= 0.3 is 0 Å². The SMILES string of the molecule is C.CC(=O)C12CCC(O)(CC1)C2.CCC12CCC(O)(CC1)C2.O=C(CNc1ncccc1Oc1ccccc1Cl)C12CCC(O)(CC1)C2. The lowest BCUT2D eigenvalue weighted by Gasteiger charge is -2.25. The van der Waals surface area contributed by atoms with Gasteiger partial charge in [0.05, 0.1) is 28.4 Å². The van der Waals surface area contributed by atoms with E-state index < -0.39 is 11.2 Å². The molecule has 6 bridgehead atoms. The molecule has 2 aromatic rings. The van der Waals surface area contributed by atoms with E-state index in [1.165, 1.54) is 19.3 Å². The van der Waals surface area contributed by atoms with Gasteiger partial charge in [-0.15, -0.1) is 0 Å². The Hall–Kier alpha value is -2.52. The molecule has 6 aliphatic carbocycles. The highest BCUT2D eigenvalue weighted by Gasteiger charge is 2.57. The van der Waals surface area contributed by atoms with Crippen LogP contribution in [0.4, 0.5) is 5.82 Å². The van der Waals surface area contributed by atoms with E-state index in [1.54, 1.807) is 37.4 Å². The molecule has 0 atom stereocenters. The monoisotopic (exact) mass is 682 g/mol. The fraction of sp³-hybridized carbons (Fsp3) is 0.667. The molecule has 0 aliphatic heterocycles. The Balaban J connectivity index is 0.000000167. The number of hydrogen-bond acceptors (Lipinski definition) is 8. The largest absolute Gasteiger partial charge is 0.452 e. The van der Waals surface area contributed by atoms with E-state index in [4.69, 9.17) is 16.3 Å². The third-order valence-electron chi connectivity index (χ3n) is 12.9. The number of fused-ring (bicyclic) bond motifs is 6. The number of para-hydroxylation sites is 1. The molecule has 0 radical (unpaired) electrons. The van der Waals surface area contributed by atoms with Gasteiger partial charge in [-0.05, 0) is 133 Å². The summed E-state index contributed by atoms with van der Waals surface area (Å²) < 4.78 is 5.87. The van der Waals surface area contributed by atoms with Gasteiger partial charge in [0.25, 0.3) is 0 Å². The summed E-state index contributed by atoms with van der Waals surface area (Å²) >= 11 is 6.15. The Kier molecular flexibility index (Phi) is 10.5. The van der Waals surface area contributed by atoms with Gasteiger partial charge in [-0.3, -0.25) is 9.59 Å². The Bertz CT molecular complexity index is 1470. The highest BCUT2D eigenvalue weighted by atomic mass is 35.5. The first kappa shape index (κ1) is 36.8. The van der Waals surface area contributed by atoms with E-state index in [2.05, 4.69) is 17.2 Å². The number of anilines is 1. The molecule has 9 heteroatoms. The van der Waals surface area contributed by atoms with Crippen LogP contribution in [-0.2, 0) is 9.59 Å². The first-order valence-corrected chi connectivity index (χ1v) is 18.0. The Morgan fingerprint density at radius 1 is 0.771 bits per heavy atom. The lowest BCUT2D eigenvalue weighted by atomic mass is 9.80. The summed E-state index contributed by atoms with van der Waals surface area (Å²) in [6, 6.07) is 10.8. The van der Waals surface area contributed by atoms with E-state index >= 15 is 0 Å². The van der Waals surface area contributed by atoms with Crippen molar-refractivity contribution in [2.24, 2.45) is 16.2 Å². The summed E-state index contributed by atoms with van der Waals surface area (Å²) in [7, 11) is 0. The summed E-state index contributed by atoms with van der Waals surface area (Å²) in [5.41, 5.74) is -1.25. The minimum Gasteiger partial charge on any atom is -0.452 e. The number of halogens is 1. The second-order valence-electron chi connectivity index (χ2n) is 15.8. The predicted molar refractivity (Wildman–Crippen MR) is 188 cm³/mol. The minimum atomic E-state index is -0.626. The molecule has 48 heavy (non-hydrogen) atoms. The van der Waals surface area contributed by atoms with Crippen molar-refractivity contribution in [1.29, 1.82) is 0 Å². The molecular formula is C39H55ClN2O6. The molecule has 1 heterocycles. The molecule has 264 valence electrons. The summed E-state index contributed by atoms with van der Waals surface area (Å²) in [5.74, 6) is 1.97.